The third-order valence-electron chi connectivity index (χ3n) is 2.94. The van der Waals surface area contributed by atoms with E-state index in [1.165, 1.54) is 5.56 Å². The molecule has 2 aromatic rings. The largest absolute Gasteiger partial charge is 0.399 e. The van der Waals surface area contributed by atoms with E-state index in [0.29, 0.717) is 5.56 Å². The number of hydrogen-bond acceptors (Lipinski definition) is 3. The van der Waals surface area contributed by atoms with Crippen molar-refractivity contribution < 1.29 is 0 Å². The Morgan fingerprint density at radius 1 is 1.05 bits per heavy atom. The Balaban J connectivity index is 1.99. The summed E-state index contributed by atoms with van der Waals surface area (Å²) in [6.45, 7) is 1.68. The topological polar surface area (TPSA) is 53.0 Å². The molecule has 19 heavy (non-hydrogen) atoms. The predicted molar refractivity (Wildman–Crippen MR) is 77.2 cm³/mol. The van der Waals surface area contributed by atoms with Crippen LogP contribution in [0.15, 0.2) is 48.5 Å². The lowest BCUT2D eigenvalue weighted by Gasteiger charge is -2.17. The van der Waals surface area contributed by atoms with E-state index in [1.807, 2.05) is 48.5 Å². The van der Waals surface area contributed by atoms with Crippen molar-refractivity contribution >= 4 is 5.69 Å². The summed E-state index contributed by atoms with van der Waals surface area (Å²) >= 11 is 0. The molecule has 96 valence electrons. The van der Waals surface area contributed by atoms with Gasteiger partial charge in [-0.2, -0.15) is 5.26 Å². The first kappa shape index (κ1) is 13.1. The van der Waals surface area contributed by atoms with E-state index in [1.54, 1.807) is 0 Å². The molecule has 2 aromatic carbocycles. The Kier molecular flexibility index (Phi) is 4.17. The van der Waals surface area contributed by atoms with Gasteiger partial charge in [0.15, 0.2) is 0 Å². The highest BCUT2D eigenvalue weighted by molar-refractivity contribution is 5.39. The predicted octanol–water partition coefficient (Wildman–Crippen LogP) is 2.77. The van der Waals surface area contributed by atoms with Crippen molar-refractivity contribution in [3.63, 3.8) is 0 Å². The zero-order valence-corrected chi connectivity index (χ0v) is 11.0. The van der Waals surface area contributed by atoms with Gasteiger partial charge in [-0.3, -0.25) is 4.90 Å². The molecule has 0 radical (unpaired) electrons. The molecule has 0 aliphatic rings. The Morgan fingerprint density at radius 3 is 2.42 bits per heavy atom. The summed E-state index contributed by atoms with van der Waals surface area (Å²) in [5.74, 6) is 0. The lowest BCUT2D eigenvalue weighted by Crippen LogP contribution is -2.17. The lowest BCUT2D eigenvalue weighted by molar-refractivity contribution is 0.319. The second-order valence-electron chi connectivity index (χ2n) is 4.73. The van der Waals surface area contributed by atoms with Gasteiger partial charge in [0, 0.05) is 18.8 Å². The molecule has 0 fully saturated rings. The SMILES string of the molecule is CN(Cc1ccc(N)cc1)Cc1cccc(C#N)c1. The highest BCUT2D eigenvalue weighted by Gasteiger charge is 2.02. The number of benzene rings is 2. The van der Waals surface area contributed by atoms with E-state index in [9.17, 15) is 0 Å². The maximum atomic E-state index is 8.88. The molecule has 0 aliphatic carbocycles. The van der Waals surface area contributed by atoms with E-state index < -0.39 is 0 Å². The van der Waals surface area contributed by atoms with E-state index >= 15 is 0 Å². The van der Waals surface area contributed by atoms with Crippen LogP contribution in [-0.2, 0) is 13.1 Å². The molecule has 0 unspecified atom stereocenters. The zero-order valence-electron chi connectivity index (χ0n) is 11.0. The first-order valence-electron chi connectivity index (χ1n) is 6.19. The standard InChI is InChI=1S/C16H17N3/c1-19(11-13-5-7-16(18)8-6-13)12-15-4-2-3-14(9-15)10-17/h2-9H,11-12,18H2,1H3. The molecule has 0 heterocycles. The Morgan fingerprint density at radius 2 is 1.74 bits per heavy atom. The van der Waals surface area contributed by atoms with E-state index in [0.717, 1.165) is 24.3 Å². The van der Waals surface area contributed by atoms with E-state index in [4.69, 9.17) is 11.0 Å². The third kappa shape index (κ3) is 3.84. The molecule has 0 aliphatic heterocycles. The van der Waals surface area contributed by atoms with Crippen LogP contribution in [0.4, 0.5) is 5.69 Å². The summed E-state index contributed by atoms with van der Waals surface area (Å²) < 4.78 is 0. The first-order chi connectivity index (χ1) is 9.17. The van der Waals surface area contributed by atoms with Crippen molar-refractivity contribution in [2.75, 3.05) is 12.8 Å². The van der Waals surface area contributed by atoms with Crippen LogP contribution in [0, 0.1) is 11.3 Å². The number of rotatable bonds is 4. The third-order valence-corrected chi connectivity index (χ3v) is 2.94. The van der Waals surface area contributed by atoms with Crippen LogP contribution in [0.5, 0.6) is 0 Å². The van der Waals surface area contributed by atoms with Crippen LogP contribution in [-0.4, -0.2) is 11.9 Å². The Bertz CT molecular complexity index is 582. The number of anilines is 1. The van der Waals surface area contributed by atoms with Gasteiger partial charge in [-0.25, -0.2) is 0 Å². The van der Waals surface area contributed by atoms with Crippen LogP contribution in [0.25, 0.3) is 0 Å². The Hall–Kier alpha value is -2.31. The summed E-state index contributed by atoms with van der Waals surface area (Å²) in [5, 5.41) is 8.88. The number of nitriles is 1. The minimum absolute atomic E-state index is 0.707. The van der Waals surface area contributed by atoms with Gasteiger partial charge in [0.05, 0.1) is 11.6 Å². The average Bonchev–Trinajstić information content (AvgIpc) is 2.41. The summed E-state index contributed by atoms with van der Waals surface area (Å²) in [4.78, 5) is 2.21. The van der Waals surface area contributed by atoms with E-state index in [2.05, 4.69) is 18.0 Å². The molecule has 0 saturated carbocycles. The van der Waals surface area contributed by atoms with Crippen LogP contribution in [0.1, 0.15) is 16.7 Å². The van der Waals surface area contributed by atoms with Crippen LogP contribution < -0.4 is 5.73 Å². The van der Waals surface area contributed by atoms with Gasteiger partial charge < -0.3 is 5.73 Å². The molecule has 3 nitrogen and oxygen atoms in total. The maximum absolute atomic E-state index is 8.88. The number of nitrogen functional groups attached to an aromatic ring is 1. The molecule has 0 aromatic heterocycles. The van der Waals surface area contributed by atoms with Crippen molar-refractivity contribution in [3.05, 3.63) is 65.2 Å². The fraction of sp³-hybridized carbons (Fsp3) is 0.188. The molecule has 0 saturated heterocycles. The van der Waals surface area contributed by atoms with Gasteiger partial charge in [0.25, 0.3) is 0 Å². The van der Waals surface area contributed by atoms with Crippen molar-refractivity contribution in [1.82, 2.24) is 4.90 Å². The quantitative estimate of drug-likeness (QED) is 0.850. The summed E-state index contributed by atoms with van der Waals surface area (Å²) in [5.41, 5.74) is 9.54. The van der Waals surface area contributed by atoms with Crippen molar-refractivity contribution in [2.45, 2.75) is 13.1 Å². The van der Waals surface area contributed by atoms with Crippen molar-refractivity contribution in [3.8, 4) is 6.07 Å². The lowest BCUT2D eigenvalue weighted by atomic mass is 10.1. The fourth-order valence-electron chi connectivity index (χ4n) is 2.04. The minimum atomic E-state index is 0.707. The smallest absolute Gasteiger partial charge is 0.0991 e. The van der Waals surface area contributed by atoms with Gasteiger partial charge in [-0.1, -0.05) is 24.3 Å². The van der Waals surface area contributed by atoms with Gasteiger partial charge in [0.2, 0.25) is 0 Å². The van der Waals surface area contributed by atoms with Gasteiger partial charge >= 0.3 is 0 Å². The fourth-order valence-corrected chi connectivity index (χ4v) is 2.04. The normalized spacial score (nSPS) is 10.4. The number of nitrogens with zero attached hydrogens (tertiary/aromatic N) is 2. The molecule has 2 N–H and O–H groups in total. The highest BCUT2D eigenvalue weighted by Crippen LogP contribution is 2.11. The first-order valence-corrected chi connectivity index (χ1v) is 6.19. The second kappa shape index (κ2) is 6.03. The van der Waals surface area contributed by atoms with Gasteiger partial charge in [-0.05, 0) is 42.4 Å². The maximum Gasteiger partial charge on any atom is 0.0991 e. The minimum Gasteiger partial charge on any atom is -0.399 e. The molecule has 0 bridgehead atoms. The number of hydrogen-bond donors (Lipinski definition) is 1. The number of nitrogens with two attached hydrogens (primary N) is 1. The summed E-state index contributed by atoms with van der Waals surface area (Å²) in [6.07, 6.45) is 0. The molecule has 3 heteroatoms. The Labute approximate surface area is 113 Å². The van der Waals surface area contributed by atoms with Gasteiger partial charge in [0.1, 0.15) is 0 Å². The molecular formula is C16H17N3. The molecule has 0 amide bonds. The van der Waals surface area contributed by atoms with Crippen molar-refractivity contribution in [2.24, 2.45) is 0 Å². The highest BCUT2D eigenvalue weighted by atomic mass is 15.1. The summed E-state index contributed by atoms with van der Waals surface area (Å²) in [6, 6.07) is 17.8. The van der Waals surface area contributed by atoms with E-state index in [-0.39, 0.29) is 0 Å². The monoisotopic (exact) mass is 251 g/mol. The van der Waals surface area contributed by atoms with Gasteiger partial charge in [-0.15, -0.1) is 0 Å². The average molecular weight is 251 g/mol. The molecular weight excluding hydrogens is 234 g/mol. The molecule has 0 spiro atoms. The van der Waals surface area contributed by atoms with Crippen LogP contribution >= 0.6 is 0 Å². The van der Waals surface area contributed by atoms with Crippen molar-refractivity contribution in [1.29, 1.82) is 5.26 Å². The molecule has 0 atom stereocenters. The summed E-state index contributed by atoms with van der Waals surface area (Å²) in [7, 11) is 2.06. The van der Waals surface area contributed by atoms with Crippen LogP contribution in [0.3, 0.4) is 0 Å². The molecule has 2 rings (SSSR count). The van der Waals surface area contributed by atoms with Crippen LogP contribution in [0.2, 0.25) is 0 Å². The second-order valence-corrected chi connectivity index (χ2v) is 4.73. The zero-order chi connectivity index (χ0) is 13.7.